The molecule has 6 heteroatoms. The first kappa shape index (κ1) is 16.4. The lowest BCUT2D eigenvalue weighted by Gasteiger charge is -2.16. The normalized spacial score (nSPS) is 13.6. The summed E-state index contributed by atoms with van der Waals surface area (Å²) in [6.07, 6.45) is 2.55. The van der Waals surface area contributed by atoms with Gasteiger partial charge in [-0.25, -0.2) is 0 Å². The van der Waals surface area contributed by atoms with Crippen LogP contribution < -0.4 is 24.8 Å². The van der Waals surface area contributed by atoms with Crippen LogP contribution >= 0.6 is 0 Å². The van der Waals surface area contributed by atoms with Gasteiger partial charge in [-0.05, 0) is 37.4 Å². The van der Waals surface area contributed by atoms with Gasteiger partial charge in [-0.3, -0.25) is 4.79 Å². The number of hydrogen-bond acceptors (Lipinski definition) is 5. The molecule has 1 saturated carbocycles. The van der Waals surface area contributed by atoms with Crippen LogP contribution in [0.1, 0.15) is 18.4 Å². The van der Waals surface area contributed by atoms with Crippen molar-refractivity contribution >= 4 is 5.91 Å². The lowest BCUT2D eigenvalue weighted by Crippen LogP contribution is -2.34. The van der Waals surface area contributed by atoms with Gasteiger partial charge in [0.15, 0.2) is 11.5 Å². The Morgan fingerprint density at radius 3 is 2.45 bits per heavy atom. The maximum Gasteiger partial charge on any atom is 0.234 e. The summed E-state index contributed by atoms with van der Waals surface area (Å²) in [5.41, 5.74) is 0.843. The molecule has 1 amide bonds. The highest BCUT2D eigenvalue weighted by Crippen LogP contribution is 2.39. The Balaban J connectivity index is 1.91. The van der Waals surface area contributed by atoms with E-state index in [-0.39, 0.29) is 5.91 Å². The van der Waals surface area contributed by atoms with Gasteiger partial charge in [-0.1, -0.05) is 0 Å². The Kier molecular flexibility index (Phi) is 5.89. The molecule has 1 aliphatic carbocycles. The van der Waals surface area contributed by atoms with Gasteiger partial charge in [-0.15, -0.1) is 0 Å². The van der Waals surface area contributed by atoms with Crippen LogP contribution in [0, 0.1) is 5.92 Å². The van der Waals surface area contributed by atoms with Gasteiger partial charge in [-0.2, -0.15) is 0 Å². The van der Waals surface area contributed by atoms with Crippen LogP contribution in [0.25, 0.3) is 0 Å². The molecule has 0 saturated heterocycles. The van der Waals surface area contributed by atoms with Gasteiger partial charge >= 0.3 is 0 Å². The summed E-state index contributed by atoms with van der Waals surface area (Å²) in [5.74, 6) is 2.44. The average Bonchev–Trinajstić information content (AvgIpc) is 3.35. The van der Waals surface area contributed by atoms with Crippen LogP contribution in [0.5, 0.6) is 17.2 Å². The minimum absolute atomic E-state index is 0.0301. The average molecular weight is 308 g/mol. The van der Waals surface area contributed by atoms with E-state index in [1.807, 2.05) is 6.07 Å². The largest absolute Gasteiger partial charge is 0.493 e. The van der Waals surface area contributed by atoms with E-state index in [0.717, 1.165) is 18.0 Å². The summed E-state index contributed by atoms with van der Waals surface area (Å²) < 4.78 is 16.0. The van der Waals surface area contributed by atoms with Crippen molar-refractivity contribution in [2.75, 3.05) is 34.4 Å². The predicted octanol–water partition coefficient (Wildman–Crippen LogP) is 1.33. The van der Waals surface area contributed by atoms with E-state index < -0.39 is 0 Å². The summed E-state index contributed by atoms with van der Waals surface area (Å²) in [5, 5.41) is 6.04. The first-order chi connectivity index (χ1) is 10.7. The first-order valence-electron chi connectivity index (χ1n) is 7.44. The van der Waals surface area contributed by atoms with Crippen molar-refractivity contribution < 1.29 is 19.0 Å². The zero-order chi connectivity index (χ0) is 15.9. The quantitative estimate of drug-likeness (QED) is 0.720. The smallest absolute Gasteiger partial charge is 0.234 e. The Labute approximate surface area is 131 Å². The second-order valence-corrected chi connectivity index (χ2v) is 5.34. The topological polar surface area (TPSA) is 68.8 Å². The molecule has 1 fully saturated rings. The maximum absolute atomic E-state index is 11.8. The van der Waals surface area contributed by atoms with E-state index in [4.69, 9.17) is 14.2 Å². The molecule has 0 bridgehead atoms. The van der Waals surface area contributed by atoms with Gasteiger partial charge in [0.2, 0.25) is 11.7 Å². The van der Waals surface area contributed by atoms with Crippen LogP contribution in [-0.4, -0.2) is 40.3 Å². The van der Waals surface area contributed by atoms with Gasteiger partial charge in [0.25, 0.3) is 0 Å². The maximum atomic E-state index is 11.8. The van der Waals surface area contributed by atoms with Gasteiger partial charge < -0.3 is 24.8 Å². The summed E-state index contributed by atoms with van der Waals surface area (Å²) in [6, 6.07) is 3.66. The van der Waals surface area contributed by atoms with E-state index in [1.165, 1.54) is 12.8 Å². The second-order valence-electron chi connectivity index (χ2n) is 5.34. The van der Waals surface area contributed by atoms with E-state index >= 15 is 0 Å². The molecule has 0 atom stereocenters. The lowest BCUT2D eigenvalue weighted by molar-refractivity contribution is -0.120. The molecule has 1 aromatic rings. The number of benzene rings is 1. The molecule has 0 heterocycles. The van der Waals surface area contributed by atoms with Crippen molar-refractivity contribution in [1.82, 2.24) is 10.6 Å². The second kappa shape index (κ2) is 7.89. The number of carbonyl (C=O) groups is 1. The third-order valence-corrected chi connectivity index (χ3v) is 3.68. The fourth-order valence-electron chi connectivity index (χ4n) is 2.27. The van der Waals surface area contributed by atoms with E-state index in [9.17, 15) is 4.79 Å². The molecule has 0 aromatic heterocycles. The zero-order valence-corrected chi connectivity index (χ0v) is 13.4. The number of ether oxygens (including phenoxy) is 3. The van der Waals surface area contributed by atoms with Crippen molar-refractivity contribution in [2.24, 2.45) is 5.92 Å². The van der Waals surface area contributed by atoms with E-state index in [1.54, 1.807) is 27.4 Å². The summed E-state index contributed by atoms with van der Waals surface area (Å²) in [4.78, 5) is 11.8. The molecular weight excluding hydrogens is 284 g/mol. The molecule has 22 heavy (non-hydrogen) atoms. The molecular formula is C16H24N2O4. The van der Waals surface area contributed by atoms with Crippen molar-refractivity contribution in [2.45, 2.75) is 19.4 Å². The summed E-state index contributed by atoms with van der Waals surface area (Å²) in [6.45, 7) is 1.65. The Morgan fingerprint density at radius 1 is 1.14 bits per heavy atom. The number of hydrogen-bond donors (Lipinski definition) is 2. The molecule has 0 radical (unpaired) electrons. The molecule has 1 aliphatic rings. The lowest BCUT2D eigenvalue weighted by atomic mass is 10.1. The van der Waals surface area contributed by atoms with Crippen LogP contribution in [0.3, 0.4) is 0 Å². The molecule has 122 valence electrons. The number of amides is 1. The van der Waals surface area contributed by atoms with Crippen LogP contribution in [-0.2, 0) is 11.3 Å². The number of carbonyl (C=O) groups excluding carboxylic acids is 1. The highest BCUT2D eigenvalue weighted by molar-refractivity contribution is 5.78. The van der Waals surface area contributed by atoms with E-state index in [2.05, 4.69) is 10.6 Å². The van der Waals surface area contributed by atoms with Gasteiger partial charge in [0, 0.05) is 12.1 Å². The SMILES string of the molecule is COc1ccc(CNC(=O)CNCC2CC2)c(OC)c1OC. The Bertz CT molecular complexity index is 515. The molecule has 6 nitrogen and oxygen atoms in total. The minimum Gasteiger partial charge on any atom is -0.493 e. The first-order valence-corrected chi connectivity index (χ1v) is 7.44. The van der Waals surface area contributed by atoms with Crippen LogP contribution in [0.2, 0.25) is 0 Å². The van der Waals surface area contributed by atoms with Crippen LogP contribution in [0.4, 0.5) is 0 Å². The molecule has 2 rings (SSSR count). The number of methoxy groups -OCH3 is 3. The predicted molar refractivity (Wildman–Crippen MR) is 83.5 cm³/mol. The minimum atomic E-state index is -0.0301. The highest BCUT2D eigenvalue weighted by Gasteiger charge is 2.20. The molecule has 0 unspecified atom stereocenters. The Morgan fingerprint density at radius 2 is 1.86 bits per heavy atom. The fourth-order valence-corrected chi connectivity index (χ4v) is 2.27. The fraction of sp³-hybridized carbons (Fsp3) is 0.562. The van der Waals surface area contributed by atoms with E-state index in [0.29, 0.717) is 30.3 Å². The Hall–Kier alpha value is -1.95. The molecule has 0 spiro atoms. The summed E-state index contributed by atoms with van der Waals surface area (Å²) in [7, 11) is 4.70. The molecule has 1 aromatic carbocycles. The monoisotopic (exact) mass is 308 g/mol. The van der Waals surface area contributed by atoms with Crippen LogP contribution in [0.15, 0.2) is 12.1 Å². The third-order valence-electron chi connectivity index (χ3n) is 3.68. The van der Waals surface area contributed by atoms with Crippen molar-refractivity contribution in [1.29, 1.82) is 0 Å². The zero-order valence-electron chi connectivity index (χ0n) is 13.4. The summed E-state index contributed by atoms with van der Waals surface area (Å²) >= 11 is 0. The third kappa shape index (κ3) is 4.27. The van der Waals surface area contributed by atoms with Crippen molar-refractivity contribution in [3.05, 3.63) is 17.7 Å². The van der Waals surface area contributed by atoms with Gasteiger partial charge in [0.05, 0.1) is 27.9 Å². The highest BCUT2D eigenvalue weighted by atomic mass is 16.5. The standard InChI is InChI=1S/C16H24N2O4/c1-20-13-7-6-12(15(21-2)16(13)22-3)9-18-14(19)10-17-8-11-4-5-11/h6-7,11,17H,4-5,8-10H2,1-3H3,(H,18,19). The van der Waals surface area contributed by atoms with Crippen molar-refractivity contribution in [3.63, 3.8) is 0 Å². The number of nitrogens with one attached hydrogen (secondary N) is 2. The molecule has 2 N–H and O–H groups in total. The van der Waals surface area contributed by atoms with Gasteiger partial charge in [0.1, 0.15) is 0 Å². The number of rotatable bonds is 9. The van der Waals surface area contributed by atoms with Crippen molar-refractivity contribution in [3.8, 4) is 17.2 Å². The molecule has 0 aliphatic heterocycles.